The maximum atomic E-state index is 11.8. The minimum Gasteiger partial charge on any atom is -0.479 e. The lowest BCUT2D eigenvalue weighted by molar-refractivity contribution is -0.128. The summed E-state index contributed by atoms with van der Waals surface area (Å²) < 4.78 is 5.45. The van der Waals surface area contributed by atoms with Crippen LogP contribution in [-0.2, 0) is 4.79 Å². The summed E-state index contributed by atoms with van der Waals surface area (Å²) >= 11 is 0. The van der Waals surface area contributed by atoms with Gasteiger partial charge in [-0.2, -0.15) is 0 Å². The lowest BCUT2D eigenvalue weighted by atomic mass is 10.1. The van der Waals surface area contributed by atoms with E-state index in [0.29, 0.717) is 12.3 Å². The van der Waals surface area contributed by atoms with Crippen LogP contribution in [0.25, 0.3) is 0 Å². The van der Waals surface area contributed by atoms with Crippen molar-refractivity contribution in [1.29, 1.82) is 0 Å². The van der Waals surface area contributed by atoms with E-state index >= 15 is 0 Å². The van der Waals surface area contributed by atoms with Gasteiger partial charge in [0.2, 0.25) is 0 Å². The second-order valence-electron chi connectivity index (χ2n) is 4.53. The maximum Gasteiger partial charge on any atom is 0.261 e. The first-order chi connectivity index (χ1) is 7.94. The molecule has 0 saturated heterocycles. The molecule has 0 aliphatic rings. The van der Waals surface area contributed by atoms with Crippen molar-refractivity contribution >= 4 is 5.91 Å². The molecule has 0 aromatic carbocycles. The minimum atomic E-state index is -0.579. The number of nitrogens with zero attached hydrogens (tertiary/aromatic N) is 1. The number of hydrogen-bond donors (Lipinski definition) is 2. The Morgan fingerprint density at radius 1 is 1.65 bits per heavy atom. The predicted molar refractivity (Wildman–Crippen MR) is 65.6 cm³/mol. The van der Waals surface area contributed by atoms with Gasteiger partial charge in [0.1, 0.15) is 5.75 Å². The molecule has 1 unspecified atom stereocenters. The van der Waals surface area contributed by atoms with Crippen LogP contribution in [0, 0.1) is 0 Å². The second-order valence-corrected chi connectivity index (χ2v) is 4.53. The topological polar surface area (TPSA) is 77.2 Å². The summed E-state index contributed by atoms with van der Waals surface area (Å²) in [7, 11) is 0. The third-order valence-electron chi connectivity index (χ3n) is 2.29. The van der Waals surface area contributed by atoms with E-state index < -0.39 is 11.6 Å². The molecule has 1 rings (SSSR count). The zero-order valence-electron chi connectivity index (χ0n) is 10.4. The summed E-state index contributed by atoms with van der Waals surface area (Å²) in [5, 5.41) is 2.82. The van der Waals surface area contributed by atoms with Crippen LogP contribution < -0.4 is 15.8 Å². The van der Waals surface area contributed by atoms with E-state index in [1.165, 1.54) is 0 Å². The van der Waals surface area contributed by atoms with Crippen LogP contribution in [-0.4, -0.2) is 29.1 Å². The van der Waals surface area contributed by atoms with E-state index in [2.05, 4.69) is 10.3 Å². The van der Waals surface area contributed by atoms with Crippen molar-refractivity contribution in [1.82, 2.24) is 10.3 Å². The lowest BCUT2D eigenvalue weighted by Gasteiger charge is -2.26. The molecule has 1 heterocycles. The molecule has 5 heteroatoms. The maximum absolute atomic E-state index is 11.8. The highest BCUT2D eigenvalue weighted by Crippen LogP contribution is 2.09. The SMILES string of the molecule is CC(Oc1cccnc1)C(=O)NC(C)(C)CN. The zero-order chi connectivity index (χ0) is 12.9. The monoisotopic (exact) mass is 237 g/mol. The lowest BCUT2D eigenvalue weighted by Crippen LogP contribution is -2.52. The van der Waals surface area contributed by atoms with Crippen LogP contribution in [0.2, 0.25) is 0 Å². The van der Waals surface area contributed by atoms with Gasteiger partial charge in [-0.3, -0.25) is 9.78 Å². The average Bonchev–Trinajstić information content (AvgIpc) is 2.30. The summed E-state index contributed by atoms with van der Waals surface area (Å²) in [6.07, 6.45) is 2.64. The van der Waals surface area contributed by atoms with Crippen molar-refractivity contribution in [3.8, 4) is 5.75 Å². The molecular weight excluding hydrogens is 218 g/mol. The van der Waals surface area contributed by atoms with Crippen molar-refractivity contribution in [2.75, 3.05) is 6.54 Å². The van der Waals surface area contributed by atoms with E-state index in [9.17, 15) is 4.79 Å². The van der Waals surface area contributed by atoms with Gasteiger partial charge in [0.05, 0.1) is 6.20 Å². The van der Waals surface area contributed by atoms with Crippen molar-refractivity contribution in [2.45, 2.75) is 32.4 Å². The van der Waals surface area contributed by atoms with Gasteiger partial charge in [0.15, 0.2) is 6.10 Å². The van der Waals surface area contributed by atoms with Gasteiger partial charge in [0, 0.05) is 18.3 Å². The Labute approximate surface area is 101 Å². The quantitative estimate of drug-likeness (QED) is 0.790. The molecule has 1 aromatic heterocycles. The number of aromatic nitrogens is 1. The highest BCUT2D eigenvalue weighted by molar-refractivity contribution is 5.81. The Hall–Kier alpha value is -1.62. The van der Waals surface area contributed by atoms with Crippen LogP contribution in [0.5, 0.6) is 5.75 Å². The van der Waals surface area contributed by atoms with Crippen molar-refractivity contribution in [3.63, 3.8) is 0 Å². The summed E-state index contributed by atoms with van der Waals surface area (Å²) in [6.45, 7) is 5.79. The molecule has 1 atom stereocenters. The summed E-state index contributed by atoms with van der Waals surface area (Å²) in [5.74, 6) is 0.380. The number of ether oxygens (including phenoxy) is 1. The molecule has 0 spiro atoms. The fraction of sp³-hybridized carbons (Fsp3) is 0.500. The molecule has 0 aliphatic carbocycles. The van der Waals surface area contributed by atoms with Gasteiger partial charge in [-0.05, 0) is 32.9 Å². The first-order valence-electron chi connectivity index (χ1n) is 5.53. The highest BCUT2D eigenvalue weighted by atomic mass is 16.5. The fourth-order valence-corrected chi connectivity index (χ4v) is 1.16. The number of carbonyl (C=O) groups is 1. The fourth-order valence-electron chi connectivity index (χ4n) is 1.16. The molecule has 0 saturated carbocycles. The minimum absolute atomic E-state index is 0.190. The summed E-state index contributed by atoms with van der Waals surface area (Å²) in [5.41, 5.74) is 5.11. The molecule has 1 amide bonds. The normalized spacial score (nSPS) is 12.9. The molecule has 17 heavy (non-hydrogen) atoms. The largest absolute Gasteiger partial charge is 0.479 e. The van der Waals surface area contributed by atoms with Crippen LogP contribution in [0.15, 0.2) is 24.5 Å². The Morgan fingerprint density at radius 2 is 2.35 bits per heavy atom. The van der Waals surface area contributed by atoms with Crippen LogP contribution in [0.1, 0.15) is 20.8 Å². The molecule has 5 nitrogen and oxygen atoms in total. The number of nitrogens with one attached hydrogen (secondary N) is 1. The first-order valence-corrected chi connectivity index (χ1v) is 5.53. The molecule has 0 fully saturated rings. The van der Waals surface area contributed by atoms with Crippen molar-refractivity contribution < 1.29 is 9.53 Å². The standard InChI is InChI=1S/C12H19N3O2/c1-9(11(16)15-12(2,3)8-13)17-10-5-4-6-14-7-10/h4-7,9H,8,13H2,1-3H3,(H,15,16). The van der Waals surface area contributed by atoms with E-state index in [1.54, 1.807) is 31.5 Å². The molecule has 0 aliphatic heterocycles. The third-order valence-corrected chi connectivity index (χ3v) is 2.29. The third kappa shape index (κ3) is 4.40. The number of pyridine rings is 1. The number of amides is 1. The van der Waals surface area contributed by atoms with Crippen LogP contribution >= 0.6 is 0 Å². The molecule has 94 valence electrons. The number of rotatable bonds is 5. The molecule has 3 N–H and O–H groups in total. The average molecular weight is 237 g/mol. The van der Waals surface area contributed by atoms with Gasteiger partial charge in [-0.25, -0.2) is 0 Å². The van der Waals surface area contributed by atoms with Crippen LogP contribution in [0.3, 0.4) is 0 Å². The smallest absolute Gasteiger partial charge is 0.261 e. The Balaban J connectivity index is 2.54. The Bertz CT molecular complexity index is 365. The predicted octanol–water partition coefficient (Wildman–Crippen LogP) is 0.702. The van der Waals surface area contributed by atoms with Crippen molar-refractivity contribution in [2.24, 2.45) is 5.73 Å². The van der Waals surface area contributed by atoms with Gasteiger partial charge >= 0.3 is 0 Å². The van der Waals surface area contributed by atoms with Crippen molar-refractivity contribution in [3.05, 3.63) is 24.5 Å². The van der Waals surface area contributed by atoms with E-state index in [4.69, 9.17) is 10.5 Å². The Morgan fingerprint density at radius 3 is 2.88 bits per heavy atom. The highest BCUT2D eigenvalue weighted by Gasteiger charge is 2.23. The van der Waals surface area contributed by atoms with E-state index in [0.717, 1.165) is 0 Å². The summed E-state index contributed by atoms with van der Waals surface area (Å²) in [4.78, 5) is 15.7. The zero-order valence-corrected chi connectivity index (χ0v) is 10.4. The Kier molecular flexibility index (Phi) is 4.45. The first kappa shape index (κ1) is 13.4. The van der Waals surface area contributed by atoms with Gasteiger partial charge in [-0.15, -0.1) is 0 Å². The number of nitrogens with two attached hydrogens (primary N) is 1. The molecule has 1 aromatic rings. The van der Waals surface area contributed by atoms with Crippen LogP contribution in [0.4, 0.5) is 0 Å². The van der Waals surface area contributed by atoms with E-state index in [1.807, 2.05) is 13.8 Å². The molecule has 0 bridgehead atoms. The second kappa shape index (κ2) is 5.63. The molecular formula is C12H19N3O2. The molecule has 0 radical (unpaired) electrons. The summed E-state index contributed by atoms with van der Waals surface area (Å²) in [6, 6.07) is 3.51. The van der Waals surface area contributed by atoms with Gasteiger partial charge in [-0.1, -0.05) is 0 Å². The van der Waals surface area contributed by atoms with Gasteiger partial charge in [0.25, 0.3) is 5.91 Å². The number of carbonyl (C=O) groups excluding carboxylic acids is 1. The van der Waals surface area contributed by atoms with Gasteiger partial charge < -0.3 is 15.8 Å². The van der Waals surface area contributed by atoms with E-state index in [-0.39, 0.29) is 5.91 Å². The number of hydrogen-bond acceptors (Lipinski definition) is 4.